The normalized spacial score (nSPS) is 20.8. The molecule has 0 bridgehead atoms. The van der Waals surface area contributed by atoms with Gasteiger partial charge in [0, 0.05) is 22.9 Å². The van der Waals surface area contributed by atoms with Crippen molar-refractivity contribution in [3.8, 4) is 0 Å². The number of pyridine rings is 1. The van der Waals surface area contributed by atoms with Gasteiger partial charge < -0.3 is 4.90 Å². The fraction of sp³-hybridized carbons (Fsp3) is 0.167. The highest BCUT2D eigenvalue weighted by Gasteiger charge is 2.38. The first-order valence-corrected chi connectivity index (χ1v) is 11.5. The summed E-state index contributed by atoms with van der Waals surface area (Å²) in [7, 11) is 0. The second kappa shape index (κ2) is 8.09. The Labute approximate surface area is 180 Å². The van der Waals surface area contributed by atoms with E-state index in [9.17, 15) is 0 Å². The molecule has 0 spiro atoms. The number of thioether (sulfide) groups is 2. The molecule has 0 saturated carbocycles. The van der Waals surface area contributed by atoms with Crippen LogP contribution in [0.4, 0.5) is 0 Å². The fourth-order valence-electron chi connectivity index (χ4n) is 3.63. The standard InChI is InChI=1S/C24H21N3S2/c1-17-10-12-18(13-11-17)22-16-28-24-26-21(20-9-5-6-14-25-20)15-23(27(22)24)29-19-7-3-2-4-8-19/h2-14,16,21,23H,15H2,1H3. The van der Waals surface area contributed by atoms with Crippen molar-refractivity contribution in [3.05, 3.63) is 101 Å². The maximum Gasteiger partial charge on any atom is 0.169 e. The van der Waals surface area contributed by atoms with E-state index in [1.165, 1.54) is 21.7 Å². The lowest BCUT2D eigenvalue weighted by molar-refractivity contribution is 0.442. The first kappa shape index (κ1) is 18.5. The third kappa shape index (κ3) is 3.85. The molecule has 3 aromatic rings. The Bertz CT molecular complexity index is 1050. The zero-order valence-corrected chi connectivity index (χ0v) is 17.7. The summed E-state index contributed by atoms with van der Waals surface area (Å²) in [6, 6.07) is 25.6. The van der Waals surface area contributed by atoms with E-state index in [0.29, 0.717) is 0 Å². The van der Waals surface area contributed by atoms with Gasteiger partial charge in [-0.1, -0.05) is 65.9 Å². The number of aliphatic imine (C=N–C) groups is 1. The van der Waals surface area contributed by atoms with Crippen molar-refractivity contribution >= 4 is 34.4 Å². The number of nitrogens with zero attached hydrogens (tertiary/aromatic N) is 3. The van der Waals surface area contributed by atoms with Gasteiger partial charge in [0.25, 0.3) is 0 Å². The molecule has 3 nitrogen and oxygen atoms in total. The van der Waals surface area contributed by atoms with Crippen LogP contribution in [-0.2, 0) is 0 Å². The minimum Gasteiger partial charge on any atom is -0.307 e. The first-order chi connectivity index (χ1) is 14.3. The van der Waals surface area contributed by atoms with Crippen molar-refractivity contribution in [3.63, 3.8) is 0 Å². The van der Waals surface area contributed by atoms with Gasteiger partial charge in [-0.15, -0.1) is 11.8 Å². The zero-order valence-electron chi connectivity index (χ0n) is 16.1. The number of fused-ring (bicyclic) bond motifs is 1. The van der Waals surface area contributed by atoms with Crippen LogP contribution in [0.25, 0.3) is 5.70 Å². The Morgan fingerprint density at radius 2 is 1.76 bits per heavy atom. The number of hydrogen-bond acceptors (Lipinski definition) is 5. The Kier molecular flexibility index (Phi) is 5.17. The summed E-state index contributed by atoms with van der Waals surface area (Å²) in [6.07, 6.45) is 2.78. The van der Waals surface area contributed by atoms with Gasteiger partial charge >= 0.3 is 0 Å². The molecular formula is C24H21N3S2. The number of aromatic nitrogens is 1. The van der Waals surface area contributed by atoms with Crippen LogP contribution in [0.2, 0.25) is 0 Å². The summed E-state index contributed by atoms with van der Waals surface area (Å²) in [5.41, 5.74) is 4.80. The first-order valence-electron chi connectivity index (χ1n) is 9.71. The Hall–Kier alpha value is -2.50. The van der Waals surface area contributed by atoms with Gasteiger partial charge in [-0.05, 0) is 36.8 Å². The van der Waals surface area contributed by atoms with E-state index in [4.69, 9.17) is 4.99 Å². The van der Waals surface area contributed by atoms with Gasteiger partial charge in [0.05, 0.1) is 22.8 Å². The summed E-state index contributed by atoms with van der Waals surface area (Å²) in [5.74, 6) is 0. The lowest BCUT2D eigenvalue weighted by atomic mass is 10.1. The second-order valence-electron chi connectivity index (χ2n) is 7.16. The van der Waals surface area contributed by atoms with Crippen molar-refractivity contribution in [1.82, 2.24) is 9.88 Å². The number of rotatable bonds is 4. The van der Waals surface area contributed by atoms with E-state index in [1.54, 1.807) is 11.8 Å². The van der Waals surface area contributed by atoms with Crippen LogP contribution in [0.15, 0.2) is 94.3 Å². The van der Waals surface area contributed by atoms with E-state index in [2.05, 4.69) is 82.9 Å². The lowest BCUT2D eigenvalue weighted by Gasteiger charge is -2.37. The molecule has 2 aliphatic heterocycles. The average Bonchev–Trinajstić information content (AvgIpc) is 3.20. The van der Waals surface area contributed by atoms with Crippen LogP contribution >= 0.6 is 23.5 Å². The highest BCUT2D eigenvalue weighted by atomic mass is 32.2. The number of aryl methyl sites for hydroxylation is 1. The zero-order chi connectivity index (χ0) is 19.6. The van der Waals surface area contributed by atoms with Gasteiger partial charge in [0.2, 0.25) is 0 Å². The van der Waals surface area contributed by atoms with Gasteiger partial charge in [-0.3, -0.25) is 9.98 Å². The Morgan fingerprint density at radius 1 is 0.966 bits per heavy atom. The van der Waals surface area contributed by atoms with Crippen molar-refractivity contribution in [1.29, 1.82) is 0 Å². The lowest BCUT2D eigenvalue weighted by Crippen LogP contribution is -2.37. The molecule has 29 heavy (non-hydrogen) atoms. The summed E-state index contributed by atoms with van der Waals surface area (Å²) in [6.45, 7) is 2.13. The third-order valence-corrected chi connectivity index (χ3v) is 7.19. The molecule has 5 heteroatoms. The van der Waals surface area contributed by atoms with Gasteiger partial charge in [0.15, 0.2) is 5.17 Å². The number of hydrogen-bond donors (Lipinski definition) is 0. The van der Waals surface area contributed by atoms with Crippen molar-refractivity contribution in [2.75, 3.05) is 0 Å². The molecule has 2 aromatic carbocycles. The highest BCUT2D eigenvalue weighted by Crippen LogP contribution is 2.46. The van der Waals surface area contributed by atoms with Crippen LogP contribution in [0, 0.1) is 6.92 Å². The topological polar surface area (TPSA) is 28.5 Å². The molecule has 0 N–H and O–H groups in total. The molecule has 5 rings (SSSR count). The molecule has 0 amide bonds. The maximum absolute atomic E-state index is 5.08. The summed E-state index contributed by atoms with van der Waals surface area (Å²) >= 11 is 3.62. The Balaban J connectivity index is 1.51. The molecule has 0 saturated heterocycles. The van der Waals surface area contributed by atoms with Gasteiger partial charge in [0.1, 0.15) is 0 Å². The van der Waals surface area contributed by atoms with E-state index < -0.39 is 0 Å². The van der Waals surface area contributed by atoms with Crippen LogP contribution in [0.1, 0.15) is 29.3 Å². The monoisotopic (exact) mass is 415 g/mol. The molecule has 144 valence electrons. The molecule has 2 unspecified atom stereocenters. The van der Waals surface area contributed by atoms with Crippen LogP contribution in [0.5, 0.6) is 0 Å². The minimum atomic E-state index is 0.0851. The SMILES string of the molecule is Cc1ccc(C2=CSC3=NC(c4ccccn4)CC(Sc4ccccc4)N23)cc1. The minimum absolute atomic E-state index is 0.0851. The van der Waals surface area contributed by atoms with Crippen LogP contribution in [0.3, 0.4) is 0 Å². The molecule has 1 aromatic heterocycles. The molecule has 0 fully saturated rings. The summed E-state index contributed by atoms with van der Waals surface area (Å²) < 4.78 is 0. The fourth-order valence-corrected chi connectivity index (χ4v) is 5.91. The molecule has 0 aliphatic carbocycles. The molecule has 3 heterocycles. The number of benzene rings is 2. The van der Waals surface area contributed by atoms with Crippen LogP contribution < -0.4 is 0 Å². The van der Waals surface area contributed by atoms with Crippen molar-refractivity contribution in [2.45, 2.75) is 29.7 Å². The summed E-state index contributed by atoms with van der Waals surface area (Å²) in [4.78, 5) is 13.3. The van der Waals surface area contributed by atoms with Gasteiger partial charge in [-0.2, -0.15) is 0 Å². The van der Waals surface area contributed by atoms with Crippen LogP contribution in [-0.4, -0.2) is 20.4 Å². The Morgan fingerprint density at radius 3 is 2.52 bits per heavy atom. The maximum atomic E-state index is 5.08. The predicted octanol–water partition coefficient (Wildman–Crippen LogP) is 6.36. The molecular weight excluding hydrogens is 394 g/mol. The largest absolute Gasteiger partial charge is 0.307 e. The predicted molar refractivity (Wildman–Crippen MR) is 124 cm³/mol. The van der Waals surface area contributed by atoms with Crippen molar-refractivity contribution < 1.29 is 0 Å². The molecule has 2 aliphatic rings. The van der Waals surface area contributed by atoms with Crippen molar-refractivity contribution in [2.24, 2.45) is 4.99 Å². The second-order valence-corrected chi connectivity index (χ2v) is 9.25. The summed E-state index contributed by atoms with van der Waals surface area (Å²) in [5, 5.41) is 3.57. The molecule has 2 atom stereocenters. The average molecular weight is 416 g/mol. The number of amidine groups is 1. The van der Waals surface area contributed by atoms with E-state index in [0.717, 1.165) is 17.3 Å². The third-order valence-electron chi connectivity index (χ3n) is 5.11. The highest BCUT2D eigenvalue weighted by molar-refractivity contribution is 8.17. The molecule has 0 radical (unpaired) electrons. The van der Waals surface area contributed by atoms with E-state index in [-0.39, 0.29) is 11.4 Å². The quantitative estimate of drug-likeness (QED) is 0.496. The van der Waals surface area contributed by atoms with E-state index in [1.807, 2.05) is 30.1 Å². The smallest absolute Gasteiger partial charge is 0.169 e. The van der Waals surface area contributed by atoms with E-state index >= 15 is 0 Å². The van der Waals surface area contributed by atoms with Gasteiger partial charge in [-0.25, -0.2) is 0 Å².